The van der Waals surface area contributed by atoms with Gasteiger partial charge in [-0.3, -0.25) is 4.79 Å². The van der Waals surface area contributed by atoms with E-state index in [-0.39, 0.29) is 16.1 Å². The van der Waals surface area contributed by atoms with Gasteiger partial charge in [0, 0.05) is 0 Å². The molecule has 2 heterocycles. The van der Waals surface area contributed by atoms with Gasteiger partial charge in [0.25, 0.3) is 5.56 Å². The molecular formula is C9H6Cl2FN3OS. The molecule has 0 saturated carbocycles. The Morgan fingerprint density at radius 1 is 1.35 bits per heavy atom. The fourth-order valence-electron chi connectivity index (χ4n) is 1.30. The van der Waals surface area contributed by atoms with Crippen molar-refractivity contribution in [3.63, 3.8) is 0 Å². The highest BCUT2D eigenvalue weighted by Crippen LogP contribution is 2.25. The largest absolute Gasteiger partial charge is 0.301 e. The number of nitrogens with zero attached hydrogens (tertiary/aromatic N) is 2. The van der Waals surface area contributed by atoms with Crippen molar-refractivity contribution >= 4 is 45.9 Å². The van der Waals surface area contributed by atoms with Crippen LogP contribution in [-0.4, -0.2) is 20.7 Å². The van der Waals surface area contributed by atoms with E-state index in [1.165, 1.54) is 11.8 Å². The van der Waals surface area contributed by atoms with Crippen LogP contribution in [0.2, 0.25) is 10.3 Å². The SMILES string of the molecule is CCSc1nc2c(F)c(Cl)nc(Cl)c2c(=O)[nH]1. The van der Waals surface area contributed by atoms with Gasteiger partial charge in [-0.25, -0.2) is 14.4 Å². The summed E-state index contributed by atoms with van der Waals surface area (Å²) in [7, 11) is 0. The number of hydrogen-bond acceptors (Lipinski definition) is 4. The van der Waals surface area contributed by atoms with Crippen molar-refractivity contribution in [2.45, 2.75) is 12.1 Å². The Labute approximate surface area is 110 Å². The normalized spacial score (nSPS) is 11.1. The molecule has 0 aliphatic carbocycles. The Kier molecular flexibility index (Phi) is 3.56. The molecule has 8 heteroatoms. The fraction of sp³-hybridized carbons (Fsp3) is 0.222. The molecule has 0 aliphatic rings. The molecule has 2 aromatic heterocycles. The molecule has 2 rings (SSSR count). The number of aromatic nitrogens is 3. The van der Waals surface area contributed by atoms with Crippen molar-refractivity contribution in [1.82, 2.24) is 15.0 Å². The van der Waals surface area contributed by atoms with Gasteiger partial charge < -0.3 is 4.98 Å². The molecule has 0 spiro atoms. The van der Waals surface area contributed by atoms with Gasteiger partial charge >= 0.3 is 0 Å². The van der Waals surface area contributed by atoms with Crippen molar-refractivity contribution < 1.29 is 4.39 Å². The van der Waals surface area contributed by atoms with Crippen LogP contribution in [0, 0.1) is 5.82 Å². The molecule has 0 radical (unpaired) electrons. The second-order valence-corrected chi connectivity index (χ2v) is 5.00. The number of H-pyrrole nitrogens is 1. The summed E-state index contributed by atoms with van der Waals surface area (Å²) in [5, 5.41) is -0.322. The minimum Gasteiger partial charge on any atom is -0.301 e. The molecule has 4 nitrogen and oxygen atoms in total. The number of thioether (sulfide) groups is 1. The number of rotatable bonds is 2. The highest BCUT2D eigenvalue weighted by Gasteiger charge is 2.16. The molecule has 0 saturated heterocycles. The summed E-state index contributed by atoms with van der Waals surface area (Å²) >= 11 is 12.6. The third kappa shape index (κ3) is 2.25. The average Bonchev–Trinajstić information content (AvgIpc) is 2.25. The monoisotopic (exact) mass is 293 g/mol. The Morgan fingerprint density at radius 3 is 2.71 bits per heavy atom. The van der Waals surface area contributed by atoms with Crippen LogP contribution in [0.15, 0.2) is 9.95 Å². The average molecular weight is 294 g/mol. The molecule has 1 N–H and O–H groups in total. The number of pyridine rings is 1. The maximum absolute atomic E-state index is 13.7. The van der Waals surface area contributed by atoms with Gasteiger partial charge in [-0.05, 0) is 5.75 Å². The molecule has 17 heavy (non-hydrogen) atoms. The zero-order valence-electron chi connectivity index (χ0n) is 8.55. The highest BCUT2D eigenvalue weighted by atomic mass is 35.5. The molecule has 2 aromatic rings. The summed E-state index contributed by atoms with van der Waals surface area (Å²) in [6.45, 7) is 1.89. The summed E-state index contributed by atoms with van der Waals surface area (Å²) < 4.78 is 13.7. The standard InChI is InChI=1S/C9H6Cl2FN3OS/c1-2-17-9-13-5-3(8(16)15-9)6(10)14-7(11)4(5)12/h2H2,1H3,(H,13,15,16). The maximum atomic E-state index is 13.7. The van der Waals surface area contributed by atoms with Gasteiger partial charge in [0.05, 0.1) is 0 Å². The first-order chi connectivity index (χ1) is 8.04. The van der Waals surface area contributed by atoms with Crippen molar-refractivity contribution in [3.05, 3.63) is 26.5 Å². The summed E-state index contributed by atoms with van der Waals surface area (Å²) in [4.78, 5) is 21.7. The zero-order chi connectivity index (χ0) is 12.6. The quantitative estimate of drug-likeness (QED) is 0.525. The van der Waals surface area contributed by atoms with E-state index in [9.17, 15) is 9.18 Å². The van der Waals surface area contributed by atoms with Crippen LogP contribution in [0.1, 0.15) is 6.92 Å². The number of aromatic amines is 1. The van der Waals surface area contributed by atoms with Crippen LogP contribution in [-0.2, 0) is 0 Å². The maximum Gasteiger partial charge on any atom is 0.262 e. The van der Waals surface area contributed by atoms with Gasteiger partial charge in [0.15, 0.2) is 16.1 Å². The van der Waals surface area contributed by atoms with Crippen LogP contribution in [0.4, 0.5) is 4.39 Å². The van der Waals surface area contributed by atoms with Crippen molar-refractivity contribution in [2.24, 2.45) is 0 Å². The van der Waals surface area contributed by atoms with Gasteiger partial charge in [0.1, 0.15) is 16.1 Å². The lowest BCUT2D eigenvalue weighted by Gasteiger charge is -2.04. The first-order valence-electron chi connectivity index (χ1n) is 4.62. The van der Waals surface area contributed by atoms with E-state index < -0.39 is 16.5 Å². The predicted molar refractivity (Wildman–Crippen MR) is 66.5 cm³/mol. The van der Waals surface area contributed by atoms with Crippen molar-refractivity contribution in [3.8, 4) is 0 Å². The third-order valence-corrected chi connectivity index (χ3v) is 3.25. The van der Waals surface area contributed by atoms with E-state index in [0.717, 1.165) is 0 Å². The number of fused-ring (bicyclic) bond motifs is 1. The second kappa shape index (κ2) is 4.80. The zero-order valence-corrected chi connectivity index (χ0v) is 10.9. The summed E-state index contributed by atoms with van der Waals surface area (Å²) in [5.41, 5.74) is -0.686. The lowest BCUT2D eigenvalue weighted by Crippen LogP contribution is -2.11. The number of hydrogen-bond donors (Lipinski definition) is 1. The summed E-state index contributed by atoms with van der Waals surface area (Å²) in [5.74, 6) is -0.141. The molecule has 0 bridgehead atoms. The van der Waals surface area contributed by atoms with E-state index in [0.29, 0.717) is 10.9 Å². The van der Waals surface area contributed by atoms with E-state index in [4.69, 9.17) is 23.2 Å². The molecule has 0 aliphatic heterocycles. The molecular weight excluding hydrogens is 288 g/mol. The van der Waals surface area contributed by atoms with Crippen molar-refractivity contribution in [2.75, 3.05) is 5.75 Å². The minimum absolute atomic E-state index is 0.0889. The Bertz CT molecular complexity index is 646. The molecule has 0 unspecified atom stereocenters. The summed E-state index contributed by atoms with van der Waals surface area (Å²) in [6.07, 6.45) is 0. The first kappa shape index (κ1) is 12.6. The number of nitrogens with one attached hydrogen (secondary N) is 1. The van der Waals surface area contributed by atoms with E-state index in [2.05, 4.69) is 15.0 Å². The van der Waals surface area contributed by atoms with Crippen LogP contribution in [0.25, 0.3) is 10.9 Å². The van der Waals surface area contributed by atoms with E-state index in [1.54, 1.807) is 0 Å². The Balaban J connectivity index is 2.86. The third-order valence-electron chi connectivity index (χ3n) is 1.97. The first-order valence-corrected chi connectivity index (χ1v) is 6.36. The molecule has 0 amide bonds. The lowest BCUT2D eigenvalue weighted by atomic mass is 10.3. The van der Waals surface area contributed by atoms with Crippen LogP contribution >= 0.6 is 35.0 Å². The van der Waals surface area contributed by atoms with Crippen LogP contribution in [0.3, 0.4) is 0 Å². The number of halogens is 3. The van der Waals surface area contributed by atoms with Gasteiger partial charge in [0.2, 0.25) is 0 Å². The second-order valence-electron chi connectivity index (χ2n) is 3.04. The molecule has 0 fully saturated rings. The van der Waals surface area contributed by atoms with Gasteiger partial charge in [-0.15, -0.1) is 0 Å². The highest BCUT2D eigenvalue weighted by molar-refractivity contribution is 7.99. The minimum atomic E-state index is -0.838. The van der Waals surface area contributed by atoms with E-state index >= 15 is 0 Å². The fourth-order valence-corrected chi connectivity index (χ4v) is 2.37. The topological polar surface area (TPSA) is 58.6 Å². The molecule has 0 aromatic carbocycles. The predicted octanol–water partition coefficient (Wildman–Crippen LogP) is 2.88. The molecule has 90 valence electrons. The lowest BCUT2D eigenvalue weighted by molar-refractivity contribution is 0.629. The van der Waals surface area contributed by atoms with Crippen molar-refractivity contribution in [1.29, 1.82) is 0 Å². The Morgan fingerprint density at radius 2 is 2.06 bits per heavy atom. The molecule has 0 atom stereocenters. The van der Waals surface area contributed by atoms with Crippen LogP contribution in [0.5, 0.6) is 0 Å². The van der Waals surface area contributed by atoms with Gasteiger partial charge in [-0.1, -0.05) is 41.9 Å². The smallest absolute Gasteiger partial charge is 0.262 e. The van der Waals surface area contributed by atoms with Gasteiger partial charge in [-0.2, -0.15) is 0 Å². The summed E-state index contributed by atoms with van der Waals surface area (Å²) in [6, 6.07) is 0. The van der Waals surface area contributed by atoms with E-state index in [1.807, 2.05) is 6.92 Å². The van der Waals surface area contributed by atoms with Crippen LogP contribution < -0.4 is 5.56 Å². The Hall–Kier alpha value is -0.850.